The van der Waals surface area contributed by atoms with E-state index in [4.69, 9.17) is 0 Å². The highest BCUT2D eigenvalue weighted by Crippen LogP contribution is 2.37. The predicted octanol–water partition coefficient (Wildman–Crippen LogP) is 3.68. The highest BCUT2D eigenvalue weighted by molar-refractivity contribution is 9.10. The first kappa shape index (κ1) is 14.4. The minimum Gasteiger partial charge on any atom is -0.278 e. The van der Waals surface area contributed by atoms with Crippen LogP contribution in [0.25, 0.3) is 0 Å². The first-order valence-corrected chi connectivity index (χ1v) is 8.84. The summed E-state index contributed by atoms with van der Waals surface area (Å²) >= 11 is 4.26. The second kappa shape index (κ2) is 5.32. The highest BCUT2D eigenvalue weighted by Gasteiger charge is 2.22. The zero-order valence-corrected chi connectivity index (χ0v) is 14.0. The zero-order chi connectivity index (χ0) is 15.0. The summed E-state index contributed by atoms with van der Waals surface area (Å²) in [6.45, 7) is 1.83. The van der Waals surface area contributed by atoms with Gasteiger partial charge >= 0.3 is 0 Å². The molecule has 1 aliphatic rings. The molecule has 1 aliphatic heterocycles. The lowest BCUT2D eigenvalue weighted by molar-refractivity contribution is 0.601. The van der Waals surface area contributed by atoms with Crippen LogP contribution in [0, 0.1) is 6.92 Å². The molecular weight excluding hydrogens is 376 g/mol. The lowest BCUT2D eigenvalue weighted by Crippen LogP contribution is -2.13. The third-order valence-electron chi connectivity index (χ3n) is 2.81. The fourth-order valence-electron chi connectivity index (χ4n) is 1.82. The number of sulfonamides is 1. The van der Waals surface area contributed by atoms with Gasteiger partial charge in [-0.1, -0.05) is 6.07 Å². The van der Waals surface area contributed by atoms with Crippen molar-refractivity contribution in [2.45, 2.75) is 11.8 Å². The van der Waals surface area contributed by atoms with E-state index in [9.17, 15) is 8.42 Å². The van der Waals surface area contributed by atoms with Crippen molar-refractivity contribution in [3.8, 4) is 0 Å². The van der Waals surface area contributed by atoms with E-state index >= 15 is 0 Å². The second-order valence-corrected chi connectivity index (χ2v) is 7.26. The van der Waals surface area contributed by atoms with Gasteiger partial charge in [0.05, 0.1) is 23.2 Å². The molecule has 0 spiro atoms. The number of hydrogen-bond acceptors (Lipinski definition) is 5. The molecule has 0 amide bonds. The van der Waals surface area contributed by atoms with Crippen molar-refractivity contribution in [2.75, 3.05) is 4.72 Å². The van der Waals surface area contributed by atoms with E-state index < -0.39 is 10.0 Å². The van der Waals surface area contributed by atoms with Crippen LogP contribution in [0.5, 0.6) is 0 Å². The number of pyridine rings is 1. The van der Waals surface area contributed by atoms with E-state index in [2.05, 4.69) is 34.4 Å². The van der Waals surface area contributed by atoms with Gasteiger partial charge in [0.25, 0.3) is 10.0 Å². The topological polar surface area (TPSA) is 83.8 Å². The van der Waals surface area contributed by atoms with Crippen LogP contribution in [0.15, 0.2) is 48.7 Å². The van der Waals surface area contributed by atoms with Gasteiger partial charge in [0.15, 0.2) is 0 Å². The van der Waals surface area contributed by atoms with Gasteiger partial charge in [0, 0.05) is 0 Å². The Labute approximate surface area is 133 Å². The molecule has 0 fully saturated rings. The Hall–Kier alpha value is -1.58. The summed E-state index contributed by atoms with van der Waals surface area (Å²) < 4.78 is 36.3. The molecule has 0 saturated carbocycles. The van der Waals surface area contributed by atoms with Crippen molar-refractivity contribution >= 4 is 54.4 Å². The van der Waals surface area contributed by atoms with E-state index in [0.29, 0.717) is 21.7 Å². The van der Waals surface area contributed by atoms with Crippen molar-refractivity contribution in [3.05, 3.63) is 40.6 Å². The van der Waals surface area contributed by atoms with Crippen LogP contribution in [0.3, 0.4) is 0 Å². The van der Waals surface area contributed by atoms with Gasteiger partial charge < -0.3 is 0 Å². The molecule has 0 bridgehead atoms. The molecule has 3 rings (SSSR count). The molecule has 9 heteroatoms. The van der Waals surface area contributed by atoms with Crippen LogP contribution >= 0.6 is 15.9 Å². The average molecular weight is 385 g/mol. The molecule has 108 valence electrons. The third kappa shape index (κ3) is 2.76. The van der Waals surface area contributed by atoms with Crippen LogP contribution < -0.4 is 4.72 Å². The molecule has 1 aromatic carbocycles. The first-order chi connectivity index (χ1) is 9.97. The fourth-order valence-corrected chi connectivity index (χ4v) is 3.84. The molecule has 1 aromatic heterocycles. The Kier molecular flexibility index (Phi) is 3.64. The molecule has 1 N–H and O–H groups in total. The maximum atomic E-state index is 12.5. The Morgan fingerprint density at radius 2 is 2.10 bits per heavy atom. The minimum absolute atomic E-state index is 0.106. The molecule has 2 heterocycles. The molecule has 0 atom stereocenters. The van der Waals surface area contributed by atoms with Gasteiger partial charge in [-0.25, -0.2) is 13.4 Å². The van der Waals surface area contributed by atoms with Crippen LogP contribution in [-0.4, -0.2) is 13.4 Å². The Morgan fingerprint density at radius 3 is 2.86 bits per heavy atom. The van der Waals surface area contributed by atoms with Crippen molar-refractivity contribution in [2.24, 2.45) is 8.73 Å². The van der Waals surface area contributed by atoms with Crippen LogP contribution in [0.2, 0.25) is 0 Å². The van der Waals surface area contributed by atoms with Gasteiger partial charge in [-0.3, -0.25) is 4.72 Å². The van der Waals surface area contributed by atoms with Gasteiger partial charge in [-0.15, -0.1) is 0 Å². The smallest absolute Gasteiger partial charge is 0.264 e. The van der Waals surface area contributed by atoms with Gasteiger partial charge in [0.2, 0.25) is 0 Å². The summed E-state index contributed by atoms with van der Waals surface area (Å²) in [5.74, 6) is 0. The normalized spacial score (nSPS) is 12.9. The summed E-state index contributed by atoms with van der Waals surface area (Å²) in [7, 11) is -3.74. The third-order valence-corrected chi connectivity index (χ3v) is 5.59. The SMILES string of the molecule is Cc1cc(NS(=O)(=O)c2cccc3c2N=S=N3)cnc1Br. The monoisotopic (exact) mass is 384 g/mol. The fraction of sp³-hybridized carbons (Fsp3) is 0.0833. The number of rotatable bonds is 3. The summed E-state index contributed by atoms with van der Waals surface area (Å²) in [5.41, 5.74) is 2.17. The molecule has 0 unspecified atom stereocenters. The summed E-state index contributed by atoms with van der Waals surface area (Å²) in [6, 6.07) is 6.58. The number of nitrogens with one attached hydrogen (secondary N) is 1. The zero-order valence-electron chi connectivity index (χ0n) is 10.7. The Balaban J connectivity index is 2.00. The van der Waals surface area contributed by atoms with Crippen molar-refractivity contribution in [1.82, 2.24) is 4.98 Å². The van der Waals surface area contributed by atoms with Gasteiger partial charge in [0.1, 0.15) is 20.9 Å². The number of fused-ring (bicyclic) bond motifs is 1. The maximum Gasteiger partial charge on any atom is 0.264 e. The molecule has 0 radical (unpaired) electrons. The lowest BCUT2D eigenvalue weighted by Gasteiger charge is -2.10. The molecule has 6 nitrogen and oxygen atoms in total. The van der Waals surface area contributed by atoms with Crippen molar-refractivity contribution < 1.29 is 8.42 Å². The summed E-state index contributed by atoms with van der Waals surface area (Å²) in [4.78, 5) is 4.18. The van der Waals surface area contributed by atoms with E-state index in [1.165, 1.54) is 12.3 Å². The molecule has 21 heavy (non-hydrogen) atoms. The quantitative estimate of drug-likeness (QED) is 0.698. The molecular formula is C12H9BrN4O2S2. The Morgan fingerprint density at radius 1 is 1.29 bits per heavy atom. The van der Waals surface area contributed by atoms with E-state index in [1.807, 2.05) is 6.92 Å². The molecule has 0 saturated heterocycles. The number of hydrogen-bond donors (Lipinski definition) is 1. The number of aryl methyl sites for hydroxylation is 1. The van der Waals surface area contributed by atoms with Gasteiger partial charge in [-0.05, 0) is 46.6 Å². The van der Waals surface area contributed by atoms with E-state index in [-0.39, 0.29) is 4.90 Å². The van der Waals surface area contributed by atoms with Crippen LogP contribution in [-0.2, 0) is 21.4 Å². The largest absolute Gasteiger partial charge is 0.278 e. The number of anilines is 1. The summed E-state index contributed by atoms with van der Waals surface area (Å²) in [5, 5.41) is 0. The minimum atomic E-state index is -3.74. The van der Waals surface area contributed by atoms with Crippen LogP contribution in [0.4, 0.5) is 17.1 Å². The molecule has 2 aromatic rings. The van der Waals surface area contributed by atoms with Crippen molar-refractivity contribution in [1.29, 1.82) is 0 Å². The van der Waals surface area contributed by atoms with E-state index in [0.717, 1.165) is 16.9 Å². The predicted molar refractivity (Wildman–Crippen MR) is 85.5 cm³/mol. The lowest BCUT2D eigenvalue weighted by atomic mass is 10.3. The number of halogens is 1. The van der Waals surface area contributed by atoms with Crippen molar-refractivity contribution in [3.63, 3.8) is 0 Å². The number of aromatic nitrogens is 1. The van der Waals surface area contributed by atoms with Crippen LogP contribution in [0.1, 0.15) is 5.56 Å². The van der Waals surface area contributed by atoms with E-state index in [1.54, 1.807) is 18.2 Å². The Bertz CT molecular complexity index is 905. The maximum absolute atomic E-state index is 12.5. The first-order valence-electron chi connectivity index (χ1n) is 5.83. The standard InChI is InChI=1S/C12H9BrN4O2S2/c1-7-5-8(6-14-12(7)13)17-21(18,19)10-4-2-3-9-11(10)16-20-15-9/h2-6,17H,1H3. The highest BCUT2D eigenvalue weighted by atomic mass is 79.9. The average Bonchev–Trinajstić information content (AvgIpc) is 2.90. The summed E-state index contributed by atoms with van der Waals surface area (Å²) in [6.07, 6.45) is 1.45. The number of nitrogens with zero attached hydrogens (tertiary/aromatic N) is 3. The second-order valence-electron chi connectivity index (χ2n) is 4.33. The number of benzene rings is 1. The van der Waals surface area contributed by atoms with Gasteiger partial charge in [-0.2, -0.15) is 8.73 Å². The molecule has 0 aliphatic carbocycles.